The first-order chi connectivity index (χ1) is 7.79. The van der Waals surface area contributed by atoms with E-state index >= 15 is 0 Å². The molecule has 1 unspecified atom stereocenters. The first-order valence-electron chi connectivity index (χ1n) is 5.76. The van der Waals surface area contributed by atoms with E-state index < -0.39 is 0 Å². The lowest BCUT2D eigenvalue weighted by Gasteiger charge is -2.17. The van der Waals surface area contributed by atoms with Crippen molar-refractivity contribution < 1.29 is 4.74 Å². The molecule has 1 saturated carbocycles. The van der Waals surface area contributed by atoms with Gasteiger partial charge in [0.1, 0.15) is 0 Å². The highest BCUT2D eigenvalue weighted by Crippen LogP contribution is 2.32. The molecule has 0 radical (unpaired) electrons. The Morgan fingerprint density at radius 1 is 1.38 bits per heavy atom. The van der Waals surface area contributed by atoms with Gasteiger partial charge in [-0.3, -0.25) is 0 Å². The molecule has 0 saturated heterocycles. The van der Waals surface area contributed by atoms with Crippen molar-refractivity contribution in [2.45, 2.75) is 25.4 Å². The molecule has 1 aromatic rings. The van der Waals surface area contributed by atoms with Crippen LogP contribution >= 0.6 is 11.6 Å². The minimum Gasteiger partial charge on any atom is -0.383 e. The minimum atomic E-state index is 0.501. The zero-order valence-corrected chi connectivity index (χ0v) is 10.3. The lowest BCUT2D eigenvalue weighted by atomic mass is 10.1. The molecule has 0 spiro atoms. The Hall–Kier alpha value is -0.570. The highest BCUT2D eigenvalue weighted by Gasteiger charge is 2.30. The molecule has 1 aliphatic carbocycles. The largest absolute Gasteiger partial charge is 0.383 e. The van der Waals surface area contributed by atoms with Crippen molar-refractivity contribution in [3.63, 3.8) is 0 Å². The van der Waals surface area contributed by atoms with Crippen LogP contribution < -0.4 is 5.32 Å². The summed E-state index contributed by atoms with van der Waals surface area (Å²) >= 11 is 5.84. The molecule has 1 aromatic carbocycles. The first-order valence-corrected chi connectivity index (χ1v) is 6.14. The molecule has 3 heteroatoms. The highest BCUT2D eigenvalue weighted by molar-refractivity contribution is 6.30. The second-order valence-corrected chi connectivity index (χ2v) is 4.84. The van der Waals surface area contributed by atoms with Crippen LogP contribution in [0.1, 0.15) is 18.4 Å². The second-order valence-electron chi connectivity index (χ2n) is 4.41. The van der Waals surface area contributed by atoms with Gasteiger partial charge < -0.3 is 10.1 Å². The van der Waals surface area contributed by atoms with Crippen LogP contribution in [0.25, 0.3) is 0 Å². The van der Waals surface area contributed by atoms with Crippen LogP contribution in [0.4, 0.5) is 0 Å². The maximum Gasteiger partial charge on any atom is 0.0618 e. The van der Waals surface area contributed by atoms with E-state index in [4.69, 9.17) is 16.3 Å². The number of methoxy groups -OCH3 is 1. The fraction of sp³-hybridized carbons (Fsp3) is 0.538. The first kappa shape index (κ1) is 11.9. The standard InChI is InChI=1S/C13H18ClNO/c1-16-9-13(11-4-5-11)15-8-10-2-6-12(14)7-3-10/h2-3,6-7,11,13,15H,4-5,8-9H2,1H3. The van der Waals surface area contributed by atoms with E-state index in [2.05, 4.69) is 17.4 Å². The van der Waals surface area contributed by atoms with Crippen LogP contribution in [0.3, 0.4) is 0 Å². The fourth-order valence-electron chi connectivity index (χ4n) is 1.89. The van der Waals surface area contributed by atoms with Crippen molar-refractivity contribution in [2.75, 3.05) is 13.7 Å². The Balaban J connectivity index is 1.82. The number of halogens is 1. The molecule has 0 bridgehead atoms. The van der Waals surface area contributed by atoms with Gasteiger partial charge in [-0.1, -0.05) is 23.7 Å². The summed E-state index contributed by atoms with van der Waals surface area (Å²) < 4.78 is 5.23. The molecule has 2 nitrogen and oxygen atoms in total. The third-order valence-electron chi connectivity index (χ3n) is 3.02. The van der Waals surface area contributed by atoms with Gasteiger partial charge in [-0.2, -0.15) is 0 Å². The van der Waals surface area contributed by atoms with Gasteiger partial charge in [-0.05, 0) is 36.5 Å². The summed E-state index contributed by atoms with van der Waals surface area (Å²) in [7, 11) is 1.76. The van der Waals surface area contributed by atoms with Crippen molar-refractivity contribution in [1.82, 2.24) is 5.32 Å². The Bertz CT molecular complexity index is 321. The fourth-order valence-corrected chi connectivity index (χ4v) is 2.02. The van der Waals surface area contributed by atoms with E-state index in [1.807, 2.05) is 12.1 Å². The van der Waals surface area contributed by atoms with Gasteiger partial charge in [0.25, 0.3) is 0 Å². The number of nitrogens with one attached hydrogen (secondary N) is 1. The van der Waals surface area contributed by atoms with E-state index in [0.717, 1.165) is 24.1 Å². The van der Waals surface area contributed by atoms with Crippen LogP contribution in [0.5, 0.6) is 0 Å². The van der Waals surface area contributed by atoms with Gasteiger partial charge in [-0.25, -0.2) is 0 Å². The van der Waals surface area contributed by atoms with Crippen LogP contribution in [-0.4, -0.2) is 19.8 Å². The van der Waals surface area contributed by atoms with Crippen LogP contribution in [0, 0.1) is 5.92 Å². The summed E-state index contributed by atoms with van der Waals surface area (Å²) in [5.41, 5.74) is 1.27. The lowest BCUT2D eigenvalue weighted by molar-refractivity contribution is 0.157. The topological polar surface area (TPSA) is 21.3 Å². The van der Waals surface area contributed by atoms with E-state index in [-0.39, 0.29) is 0 Å². The molecule has 88 valence electrons. The summed E-state index contributed by atoms with van der Waals surface area (Å²) in [6.45, 7) is 1.69. The van der Waals surface area contributed by atoms with Crippen molar-refractivity contribution in [3.8, 4) is 0 Å². The predicted molar refractivity (Wildman–Crippen MR) is 66.7 cm³/mol. The average molecular weight is 240 g/mol. The SMILES string of the molecule is COCC(NCc1ccc(Cl)cc1)C1CC1. The summed E-state index contributed by atoms with van der Waals surface area (Å²) in [4.78, 5) is 0. The molecule has 0 amide bonds. The number of benzene rings is 1. The molecule has 0 aliphatic heterocycles. The summed E-state index contributed by atoms with van der Waals surface area (Å²) in [5.74, 6) is 0.812. The summed E-state index contributed by atoms with van der Waals surface area (Å²) in [6, 6.07) is 8.49. The van der Waals surface area contributed by atoms with Crippen molar-refractivity contribution in [3.05, 3.63) is 34.9 Å². The second kappa shape index (κ2) is 5.67. The van der Waals surface area contributed by atoms with Gasteiger partial charge in [0.05, 0.1) is 6.61 Å². The van der Waals surface area contributed by atoms with Gasteiger partial charge in [0, 0.05) is 24.7 Å². The molecular weight excluding hydrogens is 222 g/mol. The number of hydrogen-bond acceptors (Lipinski definition) is 2. The summed E-state index contributed by atoms with van der Waals surface area (Å²) in [6.07, 6.45) is 2.67. The molecule has 1 N–H and O–H groups in total. The maximum absolute atomic E-state index is 5.84. The molecule has 16 heavy (non-hydrogen) atoms. The Morgan fingerprint density at radius 2 is 2.06 bits per heavy atom. The predicted octanol–water partition coefficient (Wildman–Crippen LogP) is 2.85. The van der Waals surface area contributed by atoms with Crippen molar-refractivity contribution in [1.29, 1.82) is 0 Å². The summed E-state index contributed by atoms with van der Waals surface area (Å²) in [5, 5.41) is 4.34. The van der Waals surface area contributed by atoms with E-state index in [9.17, 15) is 0 Å². The van der Waals surface area contributed by atoms with Gasteiger partial charge >= 0.3 is 0 Å². The molecular formula is C13H18ClNO. The minimum absolute atomic E-state index is 0.501. The molecule has 1 atom stereocenters. The van der Waals surface area contributed by atoms with Crippen molar-refractivity contribution in [2.24, 2.45) is 5.92 Å². The molecule has 1 aliphatic rings. The zero-order chi connectivity index (χ0) is 11.4. The van der Waals surface area contributed by atoms with Gasteiger partial charge in [0.15, 0.2) is 0 Å². The molecule has 1 fully saturated rings. The van der Waals surface area contributed by atoms with E-state index in [0.29, 0.717) is 6.04 Å². The van der Waals surface area contributed by atoms with Crippen LogP contribution in [-0.2, 0) is 11.3 Å². The monoisotopic (exact) mass is 239 g/mol. The van der Waals surface area contributed by atoms with Crippen LogP contribution in [0.15, 0.2) is 24.3 Å². The molecule has 0 aromatic heterocycles. The Morgan fingerprint density at radius 3 is 2.62 bits per heavy atom. The number of ether oxygens (including phenoxy) is 1. The highest BCUT2D eigenvalue weighted by atomic mass is 35.5. The third kappa shape index (κ3) is 3.48. The molecule has 2 rings (SSSR count). The Kier molecular flexibility index (Phi) is 4.22. The zero-order valence-electron chi connectivity index (χ0n) is 9.58. The molecule has 0 heterocycles. The number of hydrogen-bond donors (Lipinski definition) is 1. The Labute approximate surface area is 102 Å². The average Bonchev–Trinajstić information content (AvgIpc) is 3.10. The quantitative estimate of drug-likeness (QED) is 0.824. The van der Waals surface area contributed by atoms with Crippen LogP contribution in [0.2, 0.25) is 5.02 Å². The van der Waals surface area contributed by atoms with E-state index in [1.165, 1.54) is 18.4 Å². The number of rotatable bonds is 6. The third-order valence-corrected chi connectivity index (χ3v) is 3.27. The van der Waals surface area contributed by atoms with E-state index in [1.54, 1.807) is 7.11 Å². The van der Waals surface area contributed by atoms with Gasteiger partial charge in [-0.15, -0.1) is 0 Å². The van der Waals surface area contributed by atoms with Crippen molar-refractivity contribution >= 4 is 11.6 Å². The lowest BCUT2D eigenvalue weighted by Crippen LogP contribution is -2.34. The van der Waals surface area contributed by atoms with Gasteiger partial charge in [0.2, 0.25) is 0 Å². The smallest absolute Gasteiger partial charge is 0.0618 e. The normalized spacial score (nSPS) is 17.4. The maximum atomic E-state index is 5.84.